The lowest BCUT2D eigenvalue weighted by Gasteiger charge is -2.22. The van der Waals surface area contributed by atoms with Crippen molar-refractivity contribution in [3.8, 4) is 5.75 Å². The molecule has 0 heterocycles. The van der Waals surface area contributed by atoms with Crippen molar-refractivity contribution in [1.82, 2.24) is 9.80 Å². The summed E-state index contributed by atoms with van der Waals surface area (Å²) in [5.41, 5.74) is 1.37. The minimum Gasteiger partial charge on any atom is -0.496 e. The van der Waals surface area contributed by atoms with Crippen molar-refractivity contribution in [2.24, 2.45) is 4.99 Å². The van der Waals surface area contributed by atoms with Crippen LogP contribution in [0.2, 0.25) is 0 Å². The van der Waals surface area contributed by atoms with Crippen LogP contribution in [0.5, 0.6) is 5.75 Å². The third-order valence-corrected chi connectivity index (χ3v) is 2.87. The number of methoxy groups -OCH3 is 2. The van der Waals surface area contributed by atoms with Gasteiger partial charge in [0.25, 0.3) is 0 Å². The molecule has 0 saturated heterocycles. The highest BCUT2D eigenvalue weighted by Gasteiger charge is 2.13. The topological polar surface area (TPSA) is 54.4 Å². The van der Waals surface area contributed by atoms with Gasteiger partial charge < -0.3 is 19.3 Å². The number of ether oxygens (including phenoxy) is 2. The largest absolute Gasteiger partial charge is 0.496 e. The third-order valence-electron chi connectivity index (χ3n) is 2.87. The molecule has 0 bridgehead atoms. The fourth-order valence-electron chi connectivity index (χ4n) is 1.96. The molecule has 0 unspecified atom stereocenters. The van der Waals surface area contributed by atoms with E-state index in [2.05, 4.69) is 4.99 Å². The molecule has 0 N–H and O–H groups in total. The van der Waals surface area contributed by atoms with Gasteiger partial charge in [0.15, 0.2) is 5.96 Å². The highest BCUT2D eigenvalue weighted by molar-refractivity contribution is 14.0. The van der Waals surface area contributed by atoms with E-state index in [1.54, 1.807) is 12.1 Å². The zero-order valence-corrected chi connectivity index (χ0v) is 16.2. The van der Waals surface area contributed by atoms with E-state index in [4.69, 9.17) is 9.47 Å². The summed E-state index contributed by atoms with van der Waals surface area (Å²) >= 11 is 0. The molecule has 22 heavy (non-hydrogen) atoms. The van der Waals surface area contributed by atoms with E-state index in [0.717, 1.165) is 11.5 Å². The summed E-state index contributed by atoms with van der Waals surface area (Å²) in [6.45, 7) is 0.503. The summed E-state index contributed by atoms with van der Waals surface area (Å²) in [5.74, 6) is 0.945. The molecule has 0 amide bonds. The van der Waals surface area contributed by atoms with E-state index in [9.17, 15) is 4.79 Å². The van der Waals surface area contributed by atoms with Crippen molar-refractivity contribution >= 4 is 35.9 Å². The summed E-state index contributed by atoms with van der Waals surface area (Å²) in [7, 11) is 10.7. The number of esters is 1. The van der Waals surface area contributed by atoms with Crippen LogP contribution in [0.4, 0.5) is 0 Å². The van der Waals surface area contributed by atoms with E-state index in [0.29, 0.717) is 17.9 Å². The van der Waals surface area contributed by atoms with E-state index in [1.165, 1.54) is 14.2 Å². The number of nitrogens with zero attached hydrogens (tertiary/aromatic N) is 3. The van der Waals surface area contributed by atoms with Crippen molar-refractivity contribution in [2.75, 3.05) is 42.4 Å². The Balaban J connectivity index is 0.00000441. The molecule has 0 aliphatic heterocycles. The van der Waals surface area contributed by atoms with Crippen LogP contribution in [0, 0.1) is 0 Å². The standard InChI is InChI=1S/C15H23N3O3.HI/c1-17(2)15(18(3)4)16-10-11-7-8-12(14(19)21-6)13(9-11)20-5;/h7-9H,10H2,1-6H3;1H. The zero-order valence-electron chi connectivity index (χ0n) is 13.9. The van der Waals surface area contributed by atoms with Gasteiger partial charge in [-0.2, -0.15) is 0 Å². The van der Waals surface area contributed by atoms with Crippen LogP contribution in [0.15, 0.2) is 23.2 Å². The van der Waals surface area contributed by atoms with E-state index >= 15 is 0 Å². The van der Waals surface area contributed by atoms with Gasteiger partial charge in [0.2, 0.25) is 0 Å². The van der Waals surface area contributed by atoms with Crippen LogP contribution < -0.4 is 4.74 Å². The predicted octanol–water partition coefficient (Wildman–Crippen LogP) is 2.08. The van der Waals surface area contributed by atoms with Crippen molar-refractivity contribution in [3.63, 3.8) is 0 Å². The average Bonchev–Trinajstić information content (AvgIpc) is 2.45. The Hall–Kier alpha value is -1.51. The molecule has 0 fully saturated rings. The summed E-state index contributed by atoms with van der Waals surface area (Å²) in [6, 6.07) is 5.35. The van der Waals surface area contributed by atoms with Crippen LogP contribution >= 0.6 is 24.0 Å². The Kier molecular flexibility index (Phi) is 8.84. The van der Waals surface area contributed by atoms with Crippen LogP contribution in [-0.2, 0) is 11.3 Å². The molecule has 1 aromatic rings. The number of hydrogen-bond donors (Lipinski definition) is 0. The quantitative estimate of drug-likeness (QED) is 0.323. The first-order chi connectivity index (χ1) is 9.90. The maximum absolute atomic E-state index is 11.6. The monoisotopic (exact) mass is 421 g/mol. The molecule has 0 saturated carbocycles. The Morgan fingerprint density at radius 3 is 2.18 bits per heavy atom. The van der Waals surface area contributed by atoms with E-state index < -0.39 is 5.97 Å². The Labute approximate surface area is 149 Å². The van der Waals surface area contributed by atoms with Crippen LogP contribution in [0.3, 0.4) is 0 Å². The van der Waals surface area contributed by atoms with Gasteiger partial charge in [-0.25, -0.2) is 9.79 Å². The van der Waals surface area contributed by atoms with Crippen LogP contribution in [0.25, 0.3) is 0 Å². The predicted molar refractivity (Wildman–Crippen MR) is 98.3 cm³/mol. The molecule has 0 aliphatic carbocycles. The zero-order chi connectivity index (χ0) is 16.0. The lowest BCUT2D eigenvalue weighted by atomic mass is 10.1. The minimum absolute atomic E-state index is 0. The number of rotatable bonds is 4. The Bertz CT molecular complexity index is 521. The van der Waals surface area contributed by atoms with Crippen molar-refractivity contribution in [1.29, 1.82) is 0 Å². The summed E-state index contributed by atoms with van der Waals surface area (Å²) < 4.78 is 9.96. The van der Waals surface area contributed by atoms with E-state index in [1.807, 2.05) is 44.1 Å². The normalized spacial score (nSPS) is 9.36. The molecule has 1 rings (SSSR count). The Morgan fingerprint density at radius 1 is 1.14 bits per heavy atom. The fourth-order valence-corrected chi connectivity index (χ4v) is 1.96. The molecule has 7 heteroatoms. The molecule has 1 aromatic carbocycles. The number of carbonyl (C=O) groups excluding carboxylic acids is 1. The highest BCUT2D eigenvalue weighted by atomic mass is 127. The Morgan fingerprint density at radius 2 is 1.73 bits per heavy atom. The summed E-state index contributed by atoms with van der Waals surface area (Å²) in [6.07, 6.45) is 0. The molecule has 0 aliphatic rings. The van der Waals surface area contributed by atoms with Crippen LogP contribution in [0.1, 0.15) is 15.9 Å². The van der Waals surface area contributed by atoms with Crippen molar-refractivity contribution in [3.05, 3.63) is 29.3 Å². The molecular weight excluding hydrogens is 397 g/mol. The summed E-state index contributed by atoms with van der Waals surface area (Å²) in [5, 5.41) is 0. The van der Waals surface area contributed by atoms with Gasteiger partial charge in [-0.1, -0.05) is 6.07 Å². The average molecular weight is 421 g/mol. The van der Waals surface area contributed by atoms with Gasteiger partial charge in [-0.05, 0) is 17.7 Å². The van der Waals surface area contributed by atoms with Gasteiger partial charge >= 0.3 is 5.97 Å². The molecule has 0 spiro atoms. The lowest BCUT2D eigenvalue weighted by Crippen LogP contribution is -2.35. The molecule has 0 atom stereocenters. The molecule has 6 nitrogen and oxygen atoms in total. The first kappa shape index (κ1) is 20.5. The first-order valence-electron chi connectivity index (χ1n) is 6.55. The molecule has 0 aromatic heterocycles. The minimum atomic E-state index is -0.413. The van der Waals surface area contributed by atoms with Gasteiger partial charge in [0, 0.05) is 28.2 Å². The molecule has 0 radical (unpaired) electrons. The molecular formula is C15H24IN3O3. The smallest absolute Gasteiger partial charge is 0.341 e. The number of guanidine groups is 1. The number of halogens is 1. The van der Waals surface area contributed by atoms with Crippen LogP contribution in [-0.4, -0.2) is 64.1 Å². The SMILES string of the molecule is COC(=O)c1ccc(CN=C(N(C)C)N(C)C)cc1OC.I. The fraction of sp³-hybridized carbons (Fsp3) is 0.467. The lowest BCUT2D eigenvalue weighted by molar-refractivity contribution is 0.0597. The summed E-state index contributed by atoms with van der Waals surface area (Å²) in [4.78, 5) is 20.1. The van der Waals surface area contributed by atoms with Gasteiger partial charge in [-0.15, -0.1) is 24.0 Å². The maximum atomic E-state index is 11.6. The number of hydrogen-bond acceptors (Lipinski definition) is 4. The highest BCUT2D eigenvalue weighted by Crippen LogP contribution is 2.21. The van der Waals surface area contributed by atoms with E-state index in [-0.39, 0.29) is 24.0 Å². The first-order valence-corrected chi connectivity index (χ1v) is 6.55. The number of carbonyl (C=O) groups is 1. The van der Waals surface area contributed by atoms with Crippen molar-refractivity contribution < 1.29 is 14.3 Å². The van der Waals surface area contributed by atoms with Gasteiger partial charge in [-0.3, -0.25) is 0 Å². The maximum Gasteiger partial charge on any atom is 0.341 e. The third kappa shape index (κ3) is 5.36. The van der Waals surface area contributed by atoms with Gasteiger partial charge in [0.1, 0.15) is 11.3 Å². The second-order valence-corrected chi connectivity index (χ2v) is 4.93. The second-order valence-electron chi connectivity index (χ2n) is 4.93. The van der Waals surface area contributed by atoms with Gasteiger partial charge in [0.05, 0.1) is 20.8 Å². The van der Waals surface area contributed by atoms with Crippen molar-refractivity contribution in [2.45, 2.75) is 6.54 Å². The number of aliphatic imine (C=N–C) groups is 1. The number of benzene rings is 1. The molecule has 124 valence electrons. The second kappa shape index (κ2) is 9.50.